The van der Waals surface area contributed by atoms with Gasteiger partial charge in [0.1, 0.15) is 11.5 Å². The highest BCUT2D eigenvalue weighted by atomic mass is 35.5. The Hall–Kier alpha value is -3.16. The molecule has 4 rings (SSSR count). The van der Waals surface area contributed by atoms with Crippen LogP contribution < -0.4 is 15.5 Å². The molecule has 1 aromatic heterocycles. The van der Waals surface area contributed by atoms with Crippen molar-refractivity contribution in [3.8, 4) is 5.75 Å². The van der Waals surface area contributed by atoms with E-state index in [1.165, 1.54) is 0 Å². The lowest BCUT2D eigenvalue weighted by molar-refractivity contribution is 0.0698. The van der Waals surface area contributed by atoms with Crippen LogP contribution in [0.5, 0.6) is 5.75 Å². The Balaban J connectivity index is 1.51. The fourth-order valence-corrected chi connectivity index (χ4v) is 3.89. The molecule has 0 spiro atoms. The predicted octanol–water partition coefficient (Wildman–Crippen LogP) is 5.80. The molecule has 0 radical (unpaired) electrons. The van der Waals surface area contributed by atoms with E-state index in [0.29, 0.717) is 21.4 Å². The summed E-state index contributed by atoms with van der Waals surface area (Å²) < 4.78 is 11.4. The van der Waals surface area contributed by atoms with Gasteiger partial charge in [-0.05, 0) is 74.8 Å². The van der Waals surface area contributed by atoms with Crippen LogP contribution in [0.15, 0.2) is 58.0 Å². The molecular weight excluding hydrogens is 446 g/mol. The highest BCUT2D eigenvalue weighted by Gasteiger charge is 2.29. The van der Waals surface area contributed by atoms with E-state index in [9.17, 15) is 4.79 Å². The van der Waals surface area contributed by atoms with Gasteiger partial charge in [-0.3, -0.25) is 5.43 Å². The minimum absolute atomic E-state index is 0.183. The van der Waals surface area contributed by atoms with Crippen molar-refractivity contribution in [1.29, 1.82) is 0 Å². The summed E-state index contributed by atoms with van der Waals surface area (Å²) in [6, 6.07) is 14.7. The van der Waals surface area contributed by atoms with Gasteiger partial charge in [0.15, 0.2) is 5.11 Å². The molecular formula is C24H22ClN3O3S. The lowest BCUT2D eigenvalue weighted by Crippen LogP contribution is -2.26. The maximum atomic E-state index is 12.8. The molecule has 8 heteroatoms. The van der Waals surface area contributed by atoms with Gasteiger partial charge in [0, 0.05) is 28.3 Å². The molecule has 3 aromatic rings. The quantitative estimate of drug-likeness (QED) is 0.219. The van der Waals surface area contributed by atoms with Crippen molar-refractivity contribution in [2.45, 2.75) is 33.1 Å². The first kappa shape index (κ1) is 22.0. The average Bonchev–Trinajstić information content (AvgIpc) is 3.13. The maximum absolute atomic E-state index is 12.8. The monoisotopic (exact) mass is 467 g/mol. The number of nitrogens with zero attached hydrogens (tertiary/aromatic N) is 1. The van der Waals surface area contributed by atoms with Gasteiger partial charge in [0.05, 0.1) is 5.71 Å². The number of fused-ring (bicyclic) bond motifs is 1. The summed E-state index contributed by atoms with van der Waals surface area (Å²) in [6.07, 6.45) is 2.35. The molecule has 0 amide bonds. The molecule has 0 bridgehead atoms. The normalized spacial score (nSPS) is 14.0. The number of aryl methyl sites for hydroxylation is 2. The van der Waals surface area contributed by atoms with Crippen molar-refractivity contribution < 1.29 is 13.9 Å². The van der Waals surface area contributed by atoms with Gasteiger partial charge >= 0.3 is 5.97 Å². The van der Waals surface area contributed by atoms with E-state index in [2.05, 4.69) is 15.8 Å². The van der Waals surface area contributed by atoms with E-state index in [1.54, 1.807) is 18.2 Å². The molecule has 0 saturated heterocycles. The number of benzene rings is 2. The third-order valence-corrected chi connectivity index (χ3v) is 5.79. The number of nitrogens with one attached hydrogen (secondary N) is 2. The van der Waals surface area contributed by atoms with Crippen LogP contribution in [0.25, 0.3) is 0 Å². The summed E-state index contributed by atoms with van der Waals surface area (Å²) in [7, 11) is 0. The summed E-state index contributed by atoms with van der Waals surface area (Å²) in [5.41, 5.74) is 6.94. The van der Waals surface area contributed by atoms with Crippen LogP contribution >= 0.6 is 23.8 Å². The molecule has 1 aliphatic rings. The van der Waals surface area contributed by atoms with Crippen LogP contribution in [0, 0.1) is 13.8 Å². The van der Waals surface area contributed by atoms with Crippen LogP contribution in [-0.4, -0.2) is 16.8 Å². The van der Waals surface area contributed by atoms with E-state index in [1.807, 2.05) is 44.2 Å². The molecule has 0 fully saturated rings. The fourth-order valence-electron chi connectivity index (χ4n) is 3.61. The average molecular weight is 468 g/mol. The van der Waals surface area contributed by atoms with Crippen molar-refractivity contribution in [2.24, 2.45) is 5.10 Å². The standard InChI is InChI=1S/C24H22ClN3O3S/c1-14-13-17(11-12-18(14)25)30-23(29)22-15(2)21-19(9-6-10-20(21)31-22)27-28-24(32)26-16-7-4-3-5-8-16/h3-5,7-8,11-13H,6,9-10H2,1-2H3,(H2,26,28,32)/b27-19+. The van der Waals surface area contributed by atoms with E-state index in [0.717, 1.165) is 47.5 Å². The Morgan fingerprint density at radius 3 is 2.69 bits per heavy atom. The van der Waals surface area contributed by atoms with Crippen molar-refractivity contribution in [1.82, 2.24) is 5.43 Å². The van der Waals surface area contributed by atoms with Crippen molar-refractivity contribution >= 4 is 46.3 Å². The van der Waals surface area contributed by atoms with Crippen molar-refractivity contribution in [3.05, 3.63) is 81.8 Å². The molecule has 32 heavy (non-hydrogen) atoms. The molecule has 0 aliphatic heterocycles. The molecule has 6 nitrogen and oxygen atoms in total. The zero-order valence-electron chi connectivity index (χ0n) is 17.7. The fraction of sp³-hybridized carbons (Fsp3) is 0.208. The number of esters is 1. The van der Waals surface area contributed by atoms with Crippen LogP contribution in [0.2, 0.25) is 5.02 Å². The van der Waals surface area contributed by atoms with E-state index in [4.69, 9.17) is 33.0 Å². The number of anilines is 1. The van der Waals surface area contributed by atoms with Gasteiger partial charge in [0.25, 0.3) is 0 Å². The van der Waals surface area contributed by atoms with Crippen molar-refractivity contribution in [2.75, 3.05) is 5.32 Å². The molecule has 164 valence electrons. The van der Waals surface area contributed by atoms with Gasteiger partial charge in [-0.25, -0.2) is 4.79 Å². The SMILES string of the molecule is Cc1cc(OC(=O)c2oc3c(c2C)/C(=N/NC(=S)Nc2ccccc2)CCC3)ccc1Cl. The van der Waals surface area contributed by atoms with Crippen LogP contribution in [-0.2, 0) is 6.42 Å². The van der Waals surface area contributed by atoms with Crippen LogP contribution in [0.3, 0.4) is 0 Å². The molecule has 2 N–H and O–H groups in total. The second-order valence-corrected chi connectivity index (χ2v) is 8.31. The number of rotatable bonds is 4. The number of halogens is 1. The largest absolute Gasteiger partial charge is 0.453 e. The summed E-state index contributed by atoms with van der Waals surface area (Å²) in [4.78, 5) is 12.8. The number of ether oxygens (including phenoxy) is 1. The van der Waals surface area contributed by atoms with Gasteiger partial charge < -0.3 is 14.5 Å². The first-order chi connectivity index (χ1) is 15.4. The molecule has 1 heterocycles. The second kappa shape index (κ2) is 9.54. The molecule has 0 unspecified atom stereocenters. The number of hydrogen-bond donors (Lipinski definition) is 2. The topological polar surface area (TPSA) is 75.9 Å². The highest BCUT2D eigenvalue weighted by molar-refractivity contribution is 7.80. The number of hydrazone groups is 1. The number of carbonyl (C=O) groups is 1. The zero-order valence-corrected chi connectivity index (χ0v) is 19.3. The minimum atomic E-state index is -0.549. The van der Waals surface area contributed by atoms with Crippen LogP contribution in [0.4, 0.5) is 5.69 Å². The number of thiocarbonyl (C=S) groups is 1. The first-order valence-corrected chi connectivity index (χ1v) is 11.0. The number of para-hydroxylation sites is 1. The molecule has 1 aliphatic carbocycles. The molecule has 0 saturated carbocycles. The second-order valence-electron chi connectivity index (χ2n) is 7.50. The number of carbonyl (C=O) groups excluding carboxylic acids is 1. The lowest BCUT2D eigenvalue weighted by atomic mass is 9.93. The number of furan rings is 1. The summed E-state index contributed by atoms with van der Waals surface area (Å²) in [6.45, 7) is 3.69. The van der Waals surface area contributed by atoms with Gasteiger partial charge in [0.2, 0.25) is 5.76 Å². The Kier molecular flexibility index (Phi) is 6.58. The van der Waals surface area contributed by atoms with E-state index < -0.39 is 5.97 Å². The Morgan fingerprint density at radius 1 is 1.16 bits per heavy atom. The number of hydrogen-bond acceptors (Lipinski definition) is 5. The Labute approximate surface area is 196 Å². The predicted molar refractivity (Wildman–Crippen MR) is 130 cm³/mol. The molecule has 2 aromatic carbocycles. The van der Waals surface area contributed by atoms with E-state index >= 15 is 0 Å². The highest BCUT2D eigenvalue weighted by Crippen LogP contribution is 2.31. The van der Waals surface area contributed by atoms with Crippen molar-refractivity contribution in [3.63, 3.8) is 0 Å². The van der Waals surface area contributed by atoms with E-state index in [-0.39, 0.29) is 5.76 Å². The zero-order chi connectivity index (χ0) is 22.7. The lowest BCUT2D eigenvalue weighted by Gasteiger charge is -2.14. The van der Waals surface area contributed by atoms with Gasteiger partial charge in [-0.15, -0.1) is 0 Å². The maximum Gasteiger partial charge on any atom is 0.379 e. The summed E-state index contributed by atoms with van der Waals surface area (Å²) in [5.74, 6) is 0.781. The third-order valence-electron chi connectivity index (χ3n) is 5.18. The first-order valence-electron chi connectivity index (χ1n) is 10.2. The van der Waals surface area contributed by atoms with Crippen LogP contribution in [0.1, 0.15) is 45.8 Å². The molecule has 0 atom stereocenters. The minimum Gasteiger partial charge on any atom is -0.453 e. The van der Waals surface area contributed by atoms with Gasteiger partial charge in [-0.1, -0.05) is 29.8 Å². The smallest absolute Gasteiger partial charge is 0.379 e. The third kappa shape index (κ3) is 4.84. The van der Waals surface area contributed by atoms with Gasteiger partial charge in [-0.2, -0.15) is 5.10 Å². The Bertz CT molecular complexity index is 1200. The summed E-state index contributed by atoms with van der Waals surface area (Å²) in [5, 5.41) is 8.58. The summed E-state index contributed by atoms with van der Waals surface area (Å²) >= 11 is 11.4. The Morgan fingerprint density at radius 2 is 1.94 bits per heavy atom.